The van der Waals surface area contributed by atoms with Crippen molar-refractivity contribution < 1.29 is 32.5 Å². The van der Waals surface area contributed by atoms with E-state index in [9.17, 15) is 18.0 Å². The summed E-state index contributed by atoms with van der Waals surface area (Å²) in [6, 6.07) is 1.11. The molecule has 22 heavy (non-hydrogen) atoms. The molecule has 9 heteroatoms. The van der Waals surface area contributed by atoms with Crippen molar-refractivity contribution in [1.82, 2.24) is 0 Å². The Hall–Kier alpha value is -1.60. The van der Waals surface area contributed by atoms with Crippen molar-refractivity contribution >= 4 is 35.2 Å². The highest BCUT2D eigenvalue weighted by Crippen LogP contribution is 2.46. The van der Waals surface area contributed by atoms with Crippen LogP contribution in [0.3, 0.4) is 0 Å². The maximum absolute atomic E-state index is 12.9. The van der Waals surface area contributed by atoms with Crippen molar-refractivity contribution in [2.45, 2.75) is 19.2 Å². The molecule has 120 valence electrons. The number of carboxylic acid groups (broad SMARTS) is 1. The normalized spacial score (nSPS) is 17.4. The Balaban J connectivity index is 2.63. The first kappa shape index (κ1) is 16.8. The van der Waals surface area contributed by atoms with Crippen LogP contribution >= 0.6 is 23.2 Å². The van der Waals surface area contributed by atoms with Crippen LogP contribution in [-0.4, -0.2) is 30.0 Å². The first-order valence-electron chi connectivity index (χ1n) is 5.99. The van der Waals surface area contributed by atoms with Gasteiger partial charge < -0.3 is 14.6 Å². The van der Waals surface area contributed by atoms with E-state index in [4.69, 9.17) is 37.8 Å². The van der Waals surface area contributed by atoms with E-state index >= 15 is 0 Å². The predicted molar refractivity (Wildman–Crippen MR) is 73.7 cm³/mol. The summed E-state index contributed by atoms with van der Waals surface area (Å²) in [7, 11) is 0. The number of halogens is 5. The second-order valence-corrected chi connectivity index (χ2v) is 5.08. The van der Waals surface area contributed by atoms with Crippen molar-refractivity contribution in [3.63, 3.8) is 0 Å². The Morgan fingerprint density at radius 2 is 2.09 bits per heavy atom. The van der Waals surface area contributed by atoms with E-state index in [1.807, 2.05) is 0 Å². The summed E-state index contributed by atoms with van der Waals surface area (Å²) in [5.41, 5.74) is -0.987. The topological polar surface area (TPSA) is 55.8 Å². The molecule has 0 bridgehead atoms. The fraction of sp³-hybridized carbons (Fsp3) is 0.308. The highest BCUT2D eigenvalue weighted by molar-refractivity contribution is 6.38. The molecular formula is C13H9Cl2F3O4. The number of alkyl halides is 3. The lowest BCUT2D eigenvalue weighted by Crippen LogP contribution is -2.40. The summed E-state index contributed by atoms with van der Waals surface area (Å²) in [5, 5.41) is 8.83. The Morgan fingerprint density at radius 1 is 1.45 bits per heavy atom. The summed E-state index contributed by atoms with van der Waals surface area (Å²) in [6.45, 7) is 1.89. The van der Waals surface area contributed by atoms with Crippen molar-refractivity contribution in [3.05, 3.63) is 27.2 Å². The fourth-order valence-electron chi connectivity index (χ4n) is 1.94. The zero-order valence-corrected chi connectivity index (χ0v) is 12.5. The quantitative estimate of drug-likeness (QED) is 0.882. The molecule has 4 nitrogen and oxygen atoms in total. The van der Waals surface area contributed by atoms with Crippen LogP contribution in [0.1, 0.15) is 12.5 Å². The van der Waals surface area contributed by atoms with Crippen molar-refractivity contribution in [1.29, 1.82) is 0 Å². The molecule has 0 saturated carbocycles. The second-order valence-electron chi connectivity index (χ2n) is 4.29. The Morgan fingerprint density at radius 3 is 2.59 bits per heavy atom. The average molecular weight is 357 g/mol. The number of carboxylic acids is 1. The van der Waals surface area contributed by atoms with Crippen LogP contribution in [0.25, 0.3) is 6.08 Å². The molecule has 1 aliphatic rings. The third kappa shape index (κ3) is 2.96. The van der Waals surface area contributed by atoms with Crippen LogP contribution in [0.4, 0.5) is 13.2 Å². The van der Waals surface area contributed by atoms with Gasteiger partial charge in [-0.25, -0.2) is 4.79 Å². The number of rotatable bonds is 3. The molecule has 0 saturated heterocycles. The molecule has 1 N–H and O–H groups in total. The minimum absolute atomic E-state index is 0.0209. The van der Waals surface area contributed by atoms with Gasteiger partial charge in [0.1, 0.15) is 5.75 Å². The van der Waals surface area contributed by atoms with E-state index in [-0.39, 0.29) is 33.7 Å². The van der Waals surface area contributed by atoms with Crippen molar-refractivity contribution in [3.8, 4) is 11.5 Å². The Kier molecular flexibility index (Phi) is 4.49. The van der Waals surface area contributed by atoms with Gasteiger partial charge in [-0.3, -0.25) is 0 Å². The molecule has 2 rings (SSSR count). The minimum Gasteiger partial charge on any atom is -0.491 e. The number of hydrogen-bond donors (Lipinski definition) is 1. The van der Waals surface area contributed by atoms with E-state index in [1.54, 1.807) is 6.92 Å². The largest absolute Gasteiger partial charge is 0.491 e. The minimum atomic E-state index is -4.89. The van der Waals surface area contributed by atoms with Crippen LogP contribution in [-0.2, 0) is 4.79 Å². The summed E-state index contributed by atoms with van der Waals surface area (Å²) >= 11 is 11.9. The van der Waals surface area contributed by atoms with Gasteiger partial charge in [0.15, 0.2) is 5.75 Å². The SMILES string of the molecule is CCOc1c(Cl)cc2c(c1Cl)C=C(C(=O)O)[C@H](C(F)(F)F)O2. The van der Waals surface area contributed by atoms with Gasteiger partial charge in [0, 0.05) is 11.6 Å². The van der Waals surface area contributed by atoms with Crippen LogP contribution in [0, 0.1) is 0 Å². The number of hydrogen-bond acceptors (Lipinski definition) is 3. The molecule has 0 unspecified atom stereocenters. The molecule has 0 fully saturated rings. The lowest BCUT2D eigenvalue weighted by molar-refractivity contribution is -0.187. The average Bonchev–Trinajstić information content (AvgIpc) is 2.41. The van der Waals surface area contributed by atoms with Gasteiger partial charge in [-0.15, -0.1) is 0 Å². The summed E-state index contributed by atoms with van der Waals surface area (Å²) in [4.78, 5) is 11.1. The molecule has 1 aliphatic heterocycles. The van der Waals surface area contributed by atoms with E-state index in [0.717, 1.165) is 12.1 Å². The maximum atomic E-state index is 12.9. The molecule has 1 heterocycles. The Labute approximate surface area is 133 Å². The van der Waals surface area contributed by atoms with Gasteiger partial charge in [-0.2, -0.15) is 13.2 Å². The first-order chi connectivity index (χ1) is 10.2. The smallest absolute Gasteiger partial charge is 0.430 e. The second kappa shape index (κ2) is 5.89. The third-order valence-corrected chi connectivity index (χ3v) is 3.49. The van der Waals surface area contributed by atoms with E-state index in [2.05, 4.69) is 0 Å². The van der Waals surface area contributed by atoms with Crippen LogP contribution < -0.4 is 9.47 Å². The van der Waals surface area contributed by atoms with Gasteiger partial charge in [0.25, 0.3) is 0 Å². The highest BCUT2D eigenvalue weighted by Gasteiger charge is 2.48. The summed E-state index contributed by atoms with van der Waals surface area (Å²) in [5.74, 6) is -1.96. The highest BCUT2D eigenvalue weighted by atomic mass is 35.5. The first-order valence-corrected chi connectivity index (χ1v) is 6.75. The zero-order chi connectivity index (χ0) is 16.7. The van der Waals surface area contributed by atoms with E-state index in [1.165, 1.54) is 0 Å². The molecule has 1 atom stereocenters. The Bertz CT molecular complexity index is 656. The number of aliphatic carboxylic acids is 1. The molecular weight excluding hydrogens is 348 g/mol. The fourth-order valence-corrected chi connectivity index (χ4v) is 2.54. The lowest BCUT2D eigenvalue weighted by Gasteiger charge is -2.28. The van der Waals surface area contributed by atoms with E-state index in [0.29, 0.717) is 0 Å². The molecule has 0 amide bonds. The number of carbonyl (C=O) groups is 1. The molecule has 1 aromatic carbocycles. The van der Waals surface area contributed by atoms with Gasteiger partial charge in [-0.05, 0) is 13.0 Å². The molecule has 1 aromatic rings. The van der Waals surface area contributed by atoms with Gasteiger partial charge >= 0.3 is 12.1 Å². The van der Waals surface area contributed by atoms with Crippen LogP contribution in [0.2, 0.25) is 10.0 Å². The standard InChI is InChI=1S/C13H9Cl2F3O4/c1-2-21-10-7(14)4-8-5(9(10)15)3-6(12(19)20)11(22-8)13(16,17)18/h3-4,11H,2H2,1H3,(H,19,20)/t11-/m1/s1. The van der Waals surface area contributed by atoms with Crippen LogP contribution in [0.5, 0.6) is 11.5 Å². The van der Waals surface area contributed by atoms with Gasteiger partial charge in [0.2, 0.25) is 6.10 Å². The monoisotopic (exact) mass is 356 g/mol. The van der Waals surface area contributed by atoms with Crippen molar-refractivity contribution in [2.24, 2.45) is 0 Å². The summed E-state index contributed by atoms with van der Waals surface area (Å²) in [6.07, 6.45) is -6.66. The number of benzene rings is 1. The van der Waals surface area contributed by atoms with Crippen LogP contribution in [0.15, 0.2) is 11.6 Å². The number of fused-ring (bicyclic) bond motifs is 1. The molecule has 0 radical (unpaired) electrons. The molecule has 0 spiro atoms. The molecule has 0 aliphatic carbocycles. The summed E-state index contributed by atoms with van der Waals surface area (Å²) < 4.78 is 48.8. The predicted octanol–water partition coefficient (Wildman–Crippen LogP) is 4.18. The van der Waals surface area contributed by atoms with E-state index < -0.39 is 23.8 Å². The third-order valence-electron chi connectivity index (χ3n) is 2.84. The molecule has 0 aromatic heterocycles. The maximum Gasteiger partial charge on any atom is 0.430 e. The number of ether oxygens (including phenoxy) is 2. The van der Waals surface area contributed by atoms with Gasteiger partial charge in [0.05, 0.1) is 22.2 Å². The zero-order valence-electron chi connectivity index (χ0n) is 11.0. The van der Waals surface area contributed by atoms with Crippen molar-refractivity contribution in [2.75, 3.05) is 6.61 Å². The lowest BCUT2D eigenvalue weighted by atomic mass is 10.0. The van der Waals surface area contributed by atoms with Gasteiger partial charge in [-0.1, -0.05) is 23.2 Å².